The third-order valence-corrected chi connectivity index (χ3v) is 6.03. The van der Waals surface area contributed by atoms with Gasteiger partial charge >= 0.3 is 0 Å². The highest BCUT2D eigenvalue weighted by Crippen LogP contribution is 2.41. The molecule has 30 heavy (non-hydrogen) atoms. The molecular weight excluding hydrogens is 402 g/mol. The molecule has 0 radical (unpaired) electrons. The normalized spacial score (nSPS) is 16.2. The summed E-state index contributed by atoms with van der Waals surface area (Å²) < 4.78 is 13.3. The molecule has 1 aliphatic heterocycles. The molecule has 1 amide bonds. The maximum atomic E-state index is 12.8. The molecule has 1 aliphatic carbocycles. The number of rotatable bonds is 6. The lowest BCUT2D eigenvalue weighted by Gasteiger charge is -2.19. The third-order valence-electron chi connectivity index (χ3n) is 4.98. The van der Waals surface area contributed by atoms with E-state index in [-0.39, 0.29) is 11.2 Å². The second-order valence-electron chi connectivity index (χ2n) is 7.25. The van der Waals surface area contributed by atoms with Crippen LogP contribution in [0.2, 0.25) is 0 Å². The van der Waals surface area contributed by atoms with E-state index >= 15 is 0 Å². The molecule has 0 bridgehead atoms. The number of pyridine rings is 1. The lowest BCUT2D eigenvalue weighted by molar-refractivity contribution is -0.115. The Kier molecular flexibility index (Phi) is 5.04. The van der Waals surface area contributed by atoms with Gasteiger partial charge in [0.15, 0.2) is 22.5 Å². The molecule has 1 aromatic carbocycles. The molecule has 3 heterocycles. The summed E-state index contributed by atoms with van der Waals surface area (Å²) in [6.07, 6.45) is 5.69. The number of nitrogens with zero attached hydrogens (tertiary/aromatic N) is 4. The van der Waals surface area contributed by atoms with Crippen molar-refractivity contribution in [3.8, 4) is 22.9 Å². The molecule has 1 N–H and O–H groups in total. The molecule has 2 aromatic heterocycles. The maximum Gasteiger partial charge on any atom is 0.237 e. The average Bonchev–Trinajstić information content (AvgIpc) is 3.54. The second-order valence-corrected chi connectivity index (χ2v) is 8.56. The van der Waals surface area contributed by atoms with E-state index in [1.807, 2.05) is 31.2 Å². The Balaban J connectivity index is 1.31. The van der Waals surface area contributed by atoms with Crippen LogP contribution in [0.1, 0.15) is 25.8 Å². The minimum Gasteiger partial charge on any atom is -0.486 e. The predicted molar refractivity (Wildman–Crippen MR) is 113 cm³/mol. The Bertz CT molecular complexity index is 1070. The zero-order valence-corrected chi connectivity index (χ0v) is 17.3. The quantitative estimate of drug-likeness (QED) is 0.606. The number of benzene rings is 1. The molecule has 9 heteroatoms. The van der Waals surface area contributed by atoms with Crippen LogP contribution in [0.3, 0.4) is 0 Å². The number of anilines is 1. The van der Waals surface area contributed by atoms with Crippen LogP contribution >= 0.6 is 11.8 Å². The van der Waals surface area contributed by atoms with E-state index in [1.54, 1.807) is 18.5 Å². The van der Waals surface area contributed by atoms with Crippen LogP contribution < -0.4 is 14.8 Å². The van der Waals surface area contributed by atoms with Crippen LogP contribution in [0.15, 0.2) is 47.9 Å². The molecule has 1 fully saturated rings. The third kappa shape index (κ3) is 3.85. The van der Waals surface area contributed by atoms with Gasteiger partial charge in [0.2, 0.25) is 5.91 Å². The van der Waals surface area contributed by atoms with Crippen LogP contribution in [0.4, 0.5) is 5.69 Å². The van der Waals surface area contributed by atoms with Crippen molar-refractivity contribution in [3.05, 3.63) is 42.7 Å². The Morgan fingerprint density at radius 2 is 1.90 bits per heavy atom. The van der Waals surface area contributed by atoms with E-state index in [2.05, 4.69) is 25.1 Å². The molecule has 0 saturated heterocycles. The summed E-state index contributed by atoms with van der Waals surface area (Å²) in [7, 11) is 0. The summed E-state index contributed by atoms with van der Waals surface area (Å²) in [4.78, 5) is 16.9. The lowest BCUT2D eigenvalue weighted by atomic mass is 10.2. The number of thioether (sulfide) groups is 1. The summed E-state index contributed by atoms with van der Waals surface area (Å²) >= 11 is 1.42. The van der Waals surface area contributed by atoms with E-state index in [1.165, 1.54) is 11.8 Å². The number of fused-ring (bicyclic) bond motifs is 1. The van der Waals surface area contributed by atoms with Crippen LogP contribution in [0.25, 0.3) is 11.4 Å². The fourth-order valence-corrected chi connectivity index (χ4v) is 4.21. The van der Waals surface area contributed by atoms with Gasteiger partial charge < -0.3 is 14.8 Å². The molecule has 1 atom stereocenters. The van der Waals surface area contributed by atoms with Gasteiger partial charge in [0.05, 0.1) is 5.25 Å². The van der Waals surface area contributed by atoms with Crippen molar-refractivity contribution in [2.45, 2.75) is 36.2 Å². The first-order valence-corrected chi connectivity index (χ1v) is 10.8. The van der Waals surface area contributed by atoms with Crippen molar-refractivity contribution in [1.29, 1.82) is 0 Å². The van der Waals surface area contributed by atoms with Crippen molar-refractivity contribution in [3.63, 3.8) is 0 Å². The molecule has 0 spiro atoms. The smallest absolute Gasteiger partial charge is 0.237 e. The van der Waals surface area contributed by atoms with Crippen molar-refractivity contribution >= 4 is 23.4 Å². The SMILES string of the molecule is CC(Sc1nnc(-c2ccncc2)n1C1CC1)C(=O)Nc1ccc2c(c1)OCCO2. The van der Waals surface area contributed by atoms with Gasteiger partial charge in [-0.15, -0.1) is 10.2 Å². The lowest BCUT2D eigenvalue weighted by Crippen LogP contribution is -2.23. The highest BCUT2D eigenvalue weighted by molar-refractivity contribution is 8.00. The summed E-state index contributed by atoms with van der Waals surface area (Å²) in [5.74, 6) is 2.06. The topological polar surface area (TPSA) is 91.2 Å². The number of nitrogens with one attached hydrogen (secondary N) is 1. The minimum absolute atomic E-state index is 0.104. The highest BCUT2D eigenvalue weighted by Gasteiger charge is 2.31. The fourth-order valence-electron chi connectivity index (χ4n) is 3.29. The van der Waals surface area contributed by atoms with Gasteiger partial charge in [0.25, 0.3) is 0 Å². The summed E-state index contributed by atoms with van der Waals surface area (Å²) in [6.45, 7) is 2.92. The second kappa shape index (κ2) is 7.98. The largest absolute Gasteiger partial charge is 0.486 e. The van der Waals surface area contributed by atoms with Gasteiger partial charge in [0, 0.05) is 35.8 Å². The standard InChI is InChI=1S/C21H21N5O3S/c1-13(20(27)23-15-2-5-17-18(12-15)29-11-10-28-17)30-21-25-24-19(26(21)16-3-4-16)14-6-8-22-9-7-14/h2,5-9,12-13,16H,3-4,10-11H2,1H3,(H,23,27). The predicted octanol–water partition coefficient (Wildman–Crippen LogP) is 3.57. The number of amides is 1. The van der Waals surface area contributed by atoms with Gasteiger partial charge in [-0.1, -0.05) is 11.8 Å². The van der Waals surface area contributed by atoms with Gasteiger partial charge in [-0.25, -0.2) is 0 Å². The van der Waals surface area contributed by atoms with Gasteiger partial charge in [0.1, 0.15) is 13.2 Å². The summed E-state index contributed by atoms with van der Waals surface area (Å²) in [6, 6.07) is 9.66. The first kappa shape index (κ1) is 18.9. The number of carbonyl (C=O) groups is 1. The molecule has 154 valence electrons. The maximum absolute atomic E-state index is 12.8. The van der Waals surface area contributed by atoms with Crippen LogP contribution in [0.5, 0.6) is 11.5 Å². The Hall–Kier alpha value is -3.07. The van der Waals surface area contributed by atoms with E-state index in [0.29, 0.717) is 36.4 Å². The Morgan fingerprint density at radius 3 is 2.67 bits per heavy atom. The van der Waals surface area contributed by atoms with Crippen LogP contribution in [-0.2, 0) is 4.79 Å². The molecule has 5 rings (SSSR count). The molecule has 3 aromatic rings. The first-order valence-electron chi connectivity index (χ1n) is 9.91. The molecular formula is C21H21N5O3S. The number of hydrogen-bond acceptors (Lipinski definition) is 7. The molecule has 1 unspecified atom stereocenters. The van der Waals surface area contributed by atoms with Gasteiger partial charge in [-0.2, -0.15) is 0 Å². The number of carbonyl (C=O) groups excluding carboxylic acids is 1. The monoisotopic (exact) mass is 423 g/mol. The summed E-state index contributed by atoms with van der Waals surface area (Å²) in [5.41, 5.74) is 1.66. The van der Waals surface area contributed by atoms with E-state index < -0.39 is 0 Å². The van der Waals surface area contributed by atoms with Gasteiger partial charge in [-0.05, 0) is 44.0 Å². The number of ether oxygens (including phenoxy) is 2. The van der Waals surface area contributed by atoms with Crippen molar-refractivity contribution in [2.75, 3.05) is 18.5 Å². The van der Waals surface area contributed by atoms with Crippen molar-refractivity contribution < 1.29 is 14.3 Å². The fraction of sp³-hybridized carbons (Fsp3) is 0.333. The van der Waals surface area contributed by atoms with Crippen molar-refractivity contribution in [2.24, 2.45) is 0 Å². The van der Waals surface area contributed by atoms with E-state index in [0.717, 1.165) is 29.4 Å². The van der Waals surface area contributed by atoms with E-state index in [9.17, 15) is 4.79 Å². The van der Waals surface area contributed by atoms with Gasteiger partial charge in [-0.3, -0.25) is 14.3 Å². The Labute approximate surface area is 178 Å². The van der Waals surface area contributed by atoms with Crippen LogP contribution in [-0.4, -0.2) is 44.1 Å². The zero-order valence-electron chi connectivity index (χ0n) is 16.4. The number of hydrogen-bond donors (Lipinski definition) is 1. The molecule has 1 saturated carbocycles. The van der Waals surface area contributed by atoms with Crippen LogP contribution in [0, 0.1) is 0 Å². The molecule has 2 aliphatic rings. The number of aromatic nitrogens is 4. The van der Waals surface area contributed by atoms with E-state index in [4.69, 9.17) is 9.47 Å². The Morgan fingerprint density at radius 1 is 1.13 bits per heavy atom. The van der Waals surface area contributed by atoms with Crippen molar-refractivity contribution in [1.82, 2.24) is 19.7 Å². The zero-order chi connectivity index (χ0) is 20.5. The molecule has 8 nitrogen and oxygen atoms in total. The first-order chi connectivity index (χ1) is 14.7. The highest BCUT2D eigenvalue weighted by atomic mass is 32.2. The average molecular weight is 423 g/mol. The summed E-state index contributed by atoms with van der Waals surface area (Å²) in [5, 5.41) is 12.1. The minimum atomic E-state index is -0.342.